The summed E-state index contributed by atoms with van der Waals surface area (Å²) in [5.74, 6) is 0. The van der Waals surface area contributed by atoms with E-state index in [-0.39, 0.29) is 0 Å². The lowest BCUT2D eigenvalue weighted by molar-refractivity contribution is 0.275. The van der Waals surface area contributed by atoms with Gasteiger partial charge in [0.2, 0.25) is 0 Å². The van der Waals surface area contributed by atoms with Crippen molar-refractivity contribution >= 4 is 22.4 Å². The van der Waals surface area contributed by atoms with Crippen molar-refractivity contribution in [2.45, 2.75) is 0 Å². The second kappa shape index (κ2) is 5.41. The van der Waals surface area contributed by atoms with E-state index >= 15 is 0 Å². The Hall–Kier alpha value is -0.240. The molecule has 4 nitrogen and oxygen atoms in total. The van der Waals surface area contributed by atoms with Crippen LogP contribution in [0.1, 0.15) is 0 Å². The SMILES string of the molecule is O=P(O)(O)O.Pc1ccccc1. The largest absolute Gasteiger partial charge is 0.466 e. The van der Waals surface area contributed by atoms with Crippen LogP contribution in [0.25, 0.3) is 0 Å². The predicted molar refractivity (Wildman–Crippen MR) is 50.0 cm³/mol. The number of hydrogen-bond acceptors (Lipinski definition) is 1. The first-order chi connectivity index (χ1) is 5.39. The van der Waals surface area contributed by atoms with Crippen LogP contribution < -0.4 is 5.30 Å². The van der Waals surface area contributed by atoms with Gasteiger partial charge in [-0.1, -0.05) is 30.3 Å². The van der Waals surface area contributed by atoms with Crippen LogP contribution in [0.5, 0.6) is 0 Å². The maximum atomic E-state index is 8.88. The fraction of sp³-hybridized carbons (Fsp3) is 0. The number of benzene rings is 1. The van der Waals surface area contributed by atoms with Crippen LogP contribution in [-0.2, 0) is 4.57 Å². The molecule has 0 fully saturated rings. The van der Waals surface area contributed by atoms with Crippen LogP contribution in [0.15, 0.2) is 30.3 Å². The molecule has 0 bridgehead atoms. The summed E-state index contributed by atoms with van der Waals surface area (Å²) in [5, 5.41) is 1.24. The molecule has 0 heterocycles. The van der Waals surface area contributed by atoms with Crippen LogP contribution in [0.4, 0.5) is 0 Å². The Kier molecular flexibility index (Phi) is 5.31. The van der Waals surface area contributed by atoms with E-state index in [4.69, 9.17) is 19.2 Å². The molecule has 12 heavy (non-hydrogen) atoms. The standard InChI is InChI=1S/C6H7P.H3O4P/c7-6-4-2-1-3-5-6;1-5(2,3)4/h1-5H,7H2;(H3,1,2,3,4). The number of hydrogen-bond donors (Lipinski definition) is 3. The molecule has 0 aromatic heterocycles. The number of phosphoric acid groups is 1. The molecule has 1 rings (SSSR count). The van der Waals surface area contributed by atoms with Gasteiger partial charge in [-0.2, -0.15) is 0 Å². The Morgan fingerprint density at radius 1 is 1.08 bits per heavy atom. The Morgan fingerprint density at radius 2 is 1.42 bits per heavy atom. The normalized spacial score (nSPS) is 10.0. The topological polar surface area (TPSA) is 77.8 Å². The summed E-state index contributed by atoms with van der Waals surface area (Å²) >= 11 is 0. The Morgan fingerprint density at radius 3 is 1.58 bits per heavy atom. The van der Waals surface area contributed by atoms with E-state index in [1.54, 1.807) is 0 Å². The fourth-order valence-corrected chi connectivity index (χ4v) is 0.675. The molecule has 1 atom stereocenters. The summed E-state index contributed by atoms with van der Waals surface area (Å²) in [5.41, 5.74) is 0. The van der Waals surface area contributed by atoms with Gasteiger partial charge in [0, 0.05) is 0 Å². The van der Waals surface area contributed by atoms with E-state index < -0.39 is 7.82 Å². The molecule has 0 aliphatic carbocycles. The molecule has 6 heteroatoms. The van der Waals surface area contributed by atoms with Crippen molar-refractivity contribution < 1.29 is 19.2 Å². The van der Waals surface area contributed by atoms with Crippen molar-refractivity contribution in [1.82, 2.24) is 0 Å². The molecule has 0 radical (unpaired) electrons. The Bertz CT molecular complexity index is 247. The second-order valence-electron chi connectivity index (χ2n) is 1.92. The molecule has 1 aromatic rings. The van der Waals surface area contributed by atoms with Gasteiger partial charge in [-0.05, 0) is 5.30 Å². The zero-order valence-corrected chi connectivity index (χ0v) is 8.21. The van der Waals surface area contributed by atoms with Crippen LogP contribution >= 0.6 is 17.1 Å². The van der Waals surface area contributed by atoms with Crippen molar-refractivity contribution in [3.8, 4) is 0 Å². The molecule has 0 saturated carbocycles. The second-order valence-corrected chi connectivity index (χ2v) is 3.62. The molecule has 0 aliphatic rings. The summed E-state index contributed by atoms with van der Waals surface area (Å²) < 4.78 is 8.88. The first-order valence-electron chi connectivity index (χ1n) is 2.98. The molecular formula is C6H10O4P2. The lowest BCUT2D eigenvalue weighted by Gasteiger charge is -1.82. The molecule has 0 aliphatic heterocycles. The lowest BCUT2D eigenvalue weighted by Crippen LogP contribution is -1.82. The van der Waals surface area contributed by atoms with Crippen LogP contribution in [0.2, 0.25) is 0 Å². The molecule has 0 amide bonds. The van der Waals surface area contributed by atoms with E-state index in [0.29, 0.717) is 0 Å². The van der Waals surface area contributed by atoms with Gasteiger partial charge in [0.1, 0.15) is 0 Å². The summed E-state index contributed by atoms with van der Waals surface area (Å²) in [7, 11) is -2.01. The Balaban J connectivity index is 0.000000217. The average molecular weight is 208 g/mol. The molecule has 1 aromatic carbocycles. The van der Waals surface area contributed by atoms with Gasteiger partial charge < -0.3 is 14.7 Å². The lowest BCUT2D eigenvalue weighted by atomic mass is 10.4. The molecule has 3 N–H and O–H groups in total. The van der Waals surface area contributed by atoms with Crippen LogP contribution in [-0.4, -0.2) is 14.7 Å². The van der Waals surface area contributed by atoms with Gasteiger partial charge in [-0.25, -0.2) is 4.57 Å². The van der Waals surface area contributed by atoms with Gasteiger partial charge in [0.15, 0.2) is 0 Å². The summed E-state index contributed by atoms with van der Waals surface area (Å²) in [6.45, 7) is 0. The third kappa shape index (κ3) is 12.4. The number of rotatable bonds is 0. The van der Waals surface area contributed by atoms with Crippen LogP contribution in [0, 0.1) is 0 Å². The van der Waals surface area contributed by atoms with Gasteiger partial charge in [0.25, 0.3) is 0 Å². The minimum Gasteiger partial charge on any atom is -0.303 e. The van der Waals surface area contributed by atoms with Crippen molar-refractivity contribution in [1.29, 1.82) is 0 Å². The minimum atomic E-state index is -4.64. The maximum Gasteiger partial charge on any atom is 0.466 e. The maximum absolute atomic E-state index is 8.88. The summed E-state index contributed by atoms with van der Waals surface area (Å²) in [4.78, 5) is 21.6. The highest BCUT2D eigenvalue weighted by molar-refractivity contribution is 7.45. The highest BCUT2D eigenvalue weighted by Gasteiger charge is 2.00. The fourth-order valence-electron chi connectivity index (χ4n) is 0.453. The van der Waals surface area contributed by atoms with Gasteiger partial charge in [0.05, 0.1) is 0 Å². The highest BCUT2D eigenvalue weighted by Crippen LogP contribution is 2.25. The Labute approximate surface area is 72.7 Å². The highest BCUT2D eigenvalue weighted by atomic mass is 31.2. The zero-order valence-electron chi connectivity index (χ0n) is 6.16. The molecule has 1 unspecified atom stereocenters. The quantitative estimate of drug-likeness (QED) is 0.534. The third-order valence-corrected chi connectivity index (χ3v) is 1.18. The average Bonchev–Trinajstić information content (AvgIpc) is 1.85. The van der Waals surface area contributed by atoms with E-state index in [1.165, 1.54) is 5.30 Å². The van der Waals surface area contributed by atoms with Gasteiger partial charge in [-0.3, -0.25) is 0 Å². The van der Waals surface area contributed by atoms with Crippen molar-refractivity contribution in [3.63, 3.8) is 0 Å². The molecule has 0 spiro atoms. The van der Waals surface area contributed by atoms with Gasteiger partial charge in [-0.15, -0.1) is 9.24 Å². The summed E-state index contributed by atoms with van der Waals surface area (Å²) in [6.07, 6.45) is 0. The first-order valence-corrected chi connectivity index (χ1v) is 5.12. The van der Waals surface area contributed by atoms with Crippen molar-refractivity contribution in [2.24, 2.45) is 0 Å². The van der Waals surface area contributed by atoms with Crippen LogP contribution in [0.3, 0.4) is 0 Å². The molecule has 0 saturated heterocycles. The van der Waals surface area contributed by atoms with E-state index in [2.05, 4.69) is 9.24 Å². The van der Waals surface area contributed by atoms with Crippen molar-refractivity contribution in [2.75, 3.05) is 0 Å². The predicted octanol–water partition coefficient (Wildman–Crippen LogP) is 0.258. The summed E-state index contributed by atoms with van der Waals surface area (Å²) in [6, 6.07) is 10.1. The van der Waals surface area contributed by atoms with Gasteiger partial charge >= 0.3 is 7.82 Å². The monoisotopic (exact) mass is 208 g/mol. The zero-order chi connectivity index (χ0) is 9.61. The smallest absolute Gasteiger partial charge is 0.303 e. The van der Waals surface area contributed by atoms with E-state index in [9.17, 15) is 0 Å². The van der Waals surface area contributed by atoms with E-state index in [1.807, 2.05) is 30.3 Å². The molecular weight excluding hydrogens is 198 g/mol. The van der Waals surface area contributed by atoms with E-state index in [0.717, 1.165) is 0 Å². The minimum absolute atomic E-state index is 1.24. The first kappa shape index (κ1) is 11.8. The van der Waals surface area contributed by atoms with Crippen molar-refractivity contribution in [3.05, 3.63) is 30.3 Å². The third-order valence-electron chi connectivity index (χ3n) is 0.800. The molecule has 68 valence electrons.